The van der Waals surface area contributed by atoms with Gasteiger partial charge in [-0.25, -0.2) is 4.79 Å². The van der Waals surface area contributed by atoms with Crippen LogP contribution < -0.4 is 10.1 Å². The van der Waals surface area contributed by atoms with Gasteiger partial charge >= 0.3 is 5.97 Å². The van der Waals surface area contributed by atoms with Gasteiger partial charge in [-0.15, -0.1) is 0 Å². The van der Waals surface area contributed by atoms with Gasteiger partial charge in [0.15, 0.2) is 0 Å². The molecule has 34 heavy (non-hydrogen) atoms. The monoisotopic (exact) mass is 478 g/mol. The fourth-order valence-corrected chi connectivity index (χ4v) is 4.13. The van der Waals surface area contributed by atoms with Crippen LogP contribution in [-0.2, 0) is 22.6 Å². The fourth-order valence-electron chi connectivity index (χ4n) is 3.66. The number of benzene rings is 2. The molecule has 178 valence electrons. The number of carbonyl (C=O) groups excluding carboxylic acids is 2. The molecule has 3 rings (SSSR count). The molecule has 2 aromatic carbocycles. The zero-order valence-electron chi connectivity index (χ0n) is 19.7. The number of esters is 1. The smallest absolute Gasteiger partial charge is 0.328 e. The number of nitrogens with one attached hydrogen (secondary N) is 1. The van der Waals surface area contributed by atoms with Crippen LogP contribution in [0, 0.1) is 0 Å². The number of pyridine rings is 1. The number of nitrogens with zero attached hydrogens (tertiary/aromatic N) is 1. The van der Waals surface area contributed by atoms with Gasteiger partial charge in [0.2, 0.25) is 0 Å². The van der Waals surface area contributed by atoms with Gasteiger partial charge in [0.25, 0.3) is 5.91 Å². The van der Waals surface area contributed by atoms with Crippen LogP contribution in [0.4, 0.5) is 0 Å². The van der Waals surface area contributed by atoms with Crippen molar-refractivity contribution in [2.45, 2.75) is 32.4 Å². The summed E-state index contributed by atoms with van der Waals surface area (Å²) in [5.74, 6) is 0.655. The van der Waals surface area contributed by atoms with E-state index in [1.807, 2.05) is 48.7 Å². The zero-order valence-corrected chi connectivity index (χ0v) is 20.6. The van der Waals surface area contributed by atoms with Crippen LogP contribution in [0.5, 0.6) is 5.75 Å². The van der Waals surface area contributed by atoms with Crippen molar-refractivity contribution in [3.8, 4) is 16.9 Å². The normalized spacial score (nSPS) is 11.5. The van der Waals surface area contributed by atoms with Gasteiger partial charge < -0.3 is 14.8 Å². The lowest BCUT2D eigenvalue weighted by molar-refractivity contribution is -0.142. The molecule has 1 N–H and O–H groups in total. The minimum absolute atomic E-state index is 0.308. The number of ether oxygens (including phenoxy) is 2. The number of hydrogen-bond acceptors (Lipinski definition) is 6. The summed E-state index contributed by atoms with van der Waals surface area (Å²) in [5, 5.41) is 2.88. The summed E-state index contributed by atoms with van der Waals surface area (Å²) in [6.45, 7) is 2.43. The van der Waals surface area contributed by atoms with Crippen molar-refractivity contribution in [1.29, 1.82) is 0 Å². The Kier molecular flexibility index (Phi) is 9.52. The molecule has 0 spiro atoms. The number of carbonyl (C=O) groups is 2. The molecule has 1 amide bonds. The van der Waals surface area contributed by atoms with E-state index in [0.29, 0.717) is 24.3 Å². The maximum absolute atomic E-state index is 13.4. The SMILES string of the molecule is CCc1ccccc1-c1cc(COc2cccnc2)ccc1C(=O)N[C@@H](CCSC)C(=O)OC. The first-order valence-electron chi connectivity index (χ1n) is 11.2. The molecule has 0 aliphatic heterocycles. The van der Waals surface area contributed by atoms with Gasteiger partial charge in [-0.1, -0.05) is 37.3 Å². The van der Waals surface area contributed by atoms with Crippen LogP contribution in [0.25, 0.3) is 11.1 Å². The third-order valence-electron chi connectivity index (χ3n) is 5.46. The van der Waals surface area contributed by atoms with Crippen LogP contribution in [0.15, 0.2) is 67.0 Å². The Morgan fingerprint density at radius 2 is 1.91 bits per heavy atom. The average Bonchev–Trinajstić information content (AvgIpc) is 2.89. The van der Waals surface area contributed by atoms with Crippen molar-refractivity contribution < 1.29 is 19.1 Å². The highest BCUT2D eigenvalue weighted by atomic mass is 32.2. The molecule has 1 aromatic heterocycles. The lowest BCUT2D eigenvalue weighted by atomic mass is 9.92. The summed E-state index contributed by atoms with van der Waals surface area (Å²) in [6.07, 6.45) is 6.64. The molecule has 0 unspecified atom stereocenters. The molecule has 0 bridgehead atoms. The molecule has 0 radical (unpaired) electrons. The predicted molar refractivity (Wildman–Crippen MR) is 136 cm³/mol. The summed E-state index contributed by atoms with van der Waals surface area (Å²) >= 11 is 1.61. The van der Waals surface area contributed by atoms with Gasteiger partial charge in [-0.3, -0.25) is 9.78 Å². The number of aryl methyl sites for hydroxylation is 1. The molecule has 0 aliphatic carbocycles. The van der Waals surface area contributed by atoms with E-state index in [0.717, 1.165) is 34.4 Å². The summed E-state index contributed by atoms with van der Waals surface area (Å²) in [7, 11) is 1.33. The van der Waals surface area contributed by atoms with E-state index in [4.69, 9.17) is 9.47 Å². The van der Waals surface area contributed by atoms with Crippen LogP contribution in [0.1, 0.15) is 34.8 Å². The lowest BCUT2D eigenvalue weighted by Crippen LogP contribution is -2.42. The van der Waals surface area contributed by atoms with Crippen LogP contribution in [0.2, 0.25) is 0 Å². The van der Waals surface area contributed by atoms with E-state index in [1.165, 1.54) is 7.11 Å². The van der Waals surface area contributed by atoms with Crippen molar-refractivity contribution >= 4 is 23.6 Å². The minimum Gasteiger partial charge on any atom is -0.487 e. The Balaban J connectivity index is 1.95. The van der Waals surface area contributed by atoms with Gasteiger partial charge in [-0.2, -0.15) is 11.8 Å². The Morgan fingerprint density at radius 1 is 1.09 bits per heavy atom. The minimum atomic E-state index is -0.701. The van der Waals surface area contributed by atoms with Gasteiger partial charge in [0.05, 0.1) is 13.3 Å². The second-order valence-corrected chi connectivity index (χ2v) is 8.68. The molecule has 0 fully saturated rings. The van der Waals surface area contributed by atoms with E-state index >= 15 is 0 Å². The lowest BCUT2D eigenvalue weighted by Gasteiger charge is -2.19. The number of hydrogen-bond donors (Lipinski definition) is 1. The van der Waals surface area contributed by atoms with Crippen LogP contribution >= 0.6 is 11.8 Å². The number of amides is 1. The Morgan fingerprint density at radius 3 is 2.62 bits per heavy atom. The van der Waals surface area contributed by atoms with Crippen molar-refractivity contribution in [2.75, 3.05) is 19.1 Å². The first-order chi connectivity index (χ1) is 16.6. The third kappa shape index (κ3) is 6.60. The second-order valence-electron chi connectivity index (χ2n) is 7.70. The molecule has 1 atom stereocenters. The van der Waals surface area contributed by atoms with Crippen LogP contribution in [0.3, 0.4) is 0 Å². The summed E-state index contributed by atoms with van der Waals surface area (Å²) < 4.78 is 10.8. The third-order valence-corrected chi connectivity index (χ3v) is 6.10. The number of thioether (sulfide) groups is 1. The topological polar surface area (TPSA) is 77.5 Å². The van der Waals surface area contributed by atoms with Gasteiger partial charge in [0, 0.05) is 11.8 Å². The first-order valence-corrected chi connectivity index (χ1v) is 12.6. The molecule has 3 aromatic rings. The van der Waals surface area contributed by atoms with E-state index < -0.39 is 12.0 Å². The summed E-state index contributed by atoms with van der Waals surface area (Å²) in [4.78, 5) is 29.7. The molecule has 0 aliphatic rings. The van der Waals surface area contributed by atoms with E-state index in [1.54, 1.807) is 30.2 Å². The number of methoxy groups -OCH3 is 1. The molecule has 6 nitrogen and oxygen atoms in total. The fraction of sp³-hybridized carbons (Fsp3) is 0.296. The van der Waals surface area contributed by atoms with E-state index in [-0.39, 0.29) is 5.91 Å². The maximum atomic E-state index is 13.4. The molecular weight excluding hydrogens is 448 g/mol. The standard InChI is InChI=1S/C27H30N2O4S/c1-4-20-8-5-6-10-22(20)24-16-19(18-33-21-9-7-14-28-17-21)11-12-23(24)26(30)29-25(13-15-34-3)27(31)32-2/h5-12,14,16-17,25H,4,13,15,18H2,1-3H3,(H,29,30)/t25-/m0/s1. The Labute approximate surface area is 205 Å². The average molecular weight is 479 g/mol. The molecule has 1 heterocycles. The predicted octanol–water partition coefficient (Wildman–Crippen LogP) is 4.91. The van der Waals surface area contributed by atoms with E-state index in [9.17, 15) is 9.59 Å². The van der Waals surface area contributed by atoms with Gasteiger partial charge in [0.1, 0.15) is 18.4 Å². The summed E-state index contributed by atoms with van der Waals surface area (Å²) in [6, 6.07) is 16.7. The largest absolute Gasteiger partial charge is 0.487 e. The Hall–Kier alpha value is -3.32. The highest BCUT2D eigenvalue weighted by Crippen LogP contribution is 2.29. The second kappa shape index (κ2) is 12.8. The zero-order chi connectivity index (χ0) is 24.3. The highest BCUT2D eigenvalue weighted by molar-refractivity contribution is 7.98. The van der Waals surface area contributed by atoms with Crippen molar-refractivity contribution in [1.82, 2.24) is 10.3 Å². The first kappa shape index (κ1) is 25.3. The Bertz CT molecular complexity index is 1100. The highest BCUT2D eigenvalue weighted by Gasteiger charge is 2.24. The van der Waals surface area contributed by atoms with Crippen molar-refractivity contribution in [3.05, 3.63) is 83.7 Å². The molecular formula is C27H30N2O4S. The molecule has 0 saturated carbocycles. The number of aromatic nitrogens is 1. The number of rotatable bonds is 11. The molecule has 0 saturated heterocycles. The van der Waals surface area contributed by atoms with Crippen LogP contribution in [-0.4, -0.2) is 42.0 Å². The summed E-state index contributed by atoms with van der Waals surface area (Å²) in [5.41, 5.74) is 4.35. The van der Waals surface area contributed by atoms with Crippen molar-refractivity contribution in [3.63, 3.8) is 0 Å². The van der Waals surface area contributed by atoms with E-state index in [2.05, 4.69) is 23.3 Å². The quantitative estimate of drug-likeness (QED) is 0.395. The van der Waals surface area contributed by atoms with Gasteiger partial charge in [-0.05, 0) is 71.4 Å². The molecule has 7 heteroatoms. The van der Waals surface area contributed by atoms with Crippen molar-refractivity contribution in [2.24, 2.45) is 0 Å². The maximum Gasteiger partial charge on any atom is 0.328 e.